The molecule has 0 aliphatic heterocycles. The molecule has 0 unspecified atom stereocenters. The molecule has 0 aliphatic carbocycles. The Morgan fingerprint density at radius 2 is 1.89 bits per heavy atom. The highest BCUT2D eigenvalue weighted by atomic mass is 32.2. The summed E-state index contributed by atoms with van der Waals surface area (Å²) in [4.78, 5) is 0.151. The third-order valence-electron chi connectivity index (χ3n) is 3.87. The minimum atomic E-state index is -3.67. The Hall–Kier alpha value is -2.78. The van der Waals surface area contributed by atoms with Crippen LogP contribution in [-0.2, 0) is 16.4 Å². The lowest BCUT2D eigenvalue weighted by molar-refractivity contribution is 0.411. The molecular formula is C18H18FN3O4S. The number of aryl methyl sites for hydroxylation is 1. The molecule has 0 amide bonds. The van der Waals surface area contributed by atoms with Gasteiger partial charge in [-0.25, -0.2) is 17.5 Å². The number of rotatable bonds is 7. The van der Waals surface area contributed by atoms with E-state index in [0.717, 1.165) is 5.56 Å². The minimum Gasteiger partial charge on any atom is -0.496 e. The van der Waals surface area contributed by atoms with Gasteiger partial charge < -0.3 is 9.15 Å². The SMILES string of the molecule is COc1ccc(S(=O)(=O)NCCc2nnc(-c3ccc(F)cc3)o2)cc1C. The van der Waals surface area contributed by atoms with Gasteiger partial charge in [-0.1, -0.05) is 0 Å². The largest absolute Gasteiger partial charge is 0.496 e. The van der Waals surface area contributed by atoms with Gasteiger partial charge in [0.1, 0.15) is 11.6 Å². The first kappa shape index (κ1) is 19.0. The van der Waals surface area contributed by atoms with Gasteiger partial charge in [-0.3, -0.25) is 0 Å². The number of hydrogen-bond acceptors (Lipinski definition) is 6. The second kappa shape index (κ2) is 7.85. The molecule has 0 saturated carbocycles. The second-order valence-corrected chi connectivity index (χ2v) is 7.55. The summed E-state index contributed by atoms with van der Waals surface area (Å²) < 4.78 is 50.8. The van der Waals surface area contributed by atoms with Crippen molar-refractivity contribution in [1.82, 2.24) is 14.9 Å². The molecule has 0 spiro atoms. The van der Waals surface area contributed by atoms with Crippen molar-refractivity contribution >= 4 is 10.0 Å². The van der Waals surface area contributed by atoms with Crippen LogP contribution in [0.5, 0.6) is 5.75 Å². The average molecular weight is 391 g/mol. The summed E-state index contributed by atoms with van der Waals surface area (Å²) in [5, 5.41) is 7.77. The van der Waals surface area contributed by atoms with Crippen molar-refractivity contribution in [3.8, 4) is 17.2 Å². The lowest BCUT2D eigenvalue weighted by atomic mass is 10.2. The lowest BCUT2D eigenvalue weighted by Gasteiger charge is -2.09. The van der Waals surface area contributed by atoms with E-state index in [1.54, 1.807) is 19.1 Å². The summed E-state index contributed by atoms with van der Waals surface area (Å²) in [6.07, 6.45) is 0.225. The minimum absolute atomic E-state index is 0.0957. The third-order valence-corrected chi connectivity index (χ3v) is 5.32. The van der Waals surface area contributed by atoms with Crippen LogP contribution in [0.3, 0.4) is 0 Å². The highest BCUT2D eigenvalue weighted by Crippen LogP contribution is 2.21. The Morgan fingerprint density at radius 1 is 1.15 bits per heavy atom. The number of nitrogens with zero attached hydrogens (tertiary/aromatic N) is 2. The van der Waals surface area contributed by atoms with E-state index in [2.05, 4.69) is 14.9 Å². The average Bonchev–Trinajstić information content (AvgIpc) is 3.11. The maximum absolute atomic E-state index is 13.0. The zero-order valence-corrected chi connectivity index (χ0v) is 15.6. The Balaban J connectivity index is 1.62. The molecule has 0 aliphatic rings. The quantitative estimate of drug-likeness (QED) is 0.666. The standard InChI is InChI=1S/C18H18FN3O4S/c1-12-11-15(7-8-16(12)25-2)27(23,24)20-10-9-17-21-22-18(26-17)13-3-5-14(19)6-4-13/h3-8,11,20H,9-10H2,1-2H3. The number of benzene rings is 2. The number of halogens is 1. The van der Waals surface area contributed by atoms with Gasteiger partial charge in [-0.15, -0.1) is 10.2 Å². The van der Waals surface area contributed by atoms with Gasteiger partial charge in [0.25, 0.3) is 0 Å². The smallest absolute Gasteiger partial charge is 0.247 e. The molecule has 2 aromatic carbocycles. The molecule has 0 atom stereocenters. The molecule has 1 aromatic heterocycles. The summed E-state index contributed by atoms with van der Waals surface area (Å²) in [6, 6.07) is 10.3. The van der Waals surface area contributed by atoms with Gasteiger partial charge in [-0.2, -0.15) is 0 Å². The summed E-state index contributed by atoms with van der Waals surface area (Å²) in [6.45, 7) is 1.87. The van der Waals surface area contributed by atoms with Crippen molar-refractivity contribution in [1.29, 1.82) is 0 Å². The Kier molecular flexibility index (Phi) is 5.52. The molecule has 9 heteroatoms. The molecule has 27 heavy (non-hydrogen) atoms. The van der Waals surface area contributed by atoms with Crippen LogP contribution in [0.15, 0.2) is 51.8 Å². The van der Waals surface area contributed by atoms with Crippen LogP contribution < -0.4 is 9.46 Å². The summed E-state index contributed by atoms with van der Waals surface area (Å²) in [7, 11) is -2.14. The monoisotopic (exact) mass is 391 g/mol. The number of hydrogen-bond donors (Lipinski definition) is 1. The molecule has 3 aromatic rings. The highest BCUT2D eigenvalue weighted by Gasteiger charge is 2.16. The van der Waals surface area contributed by atoms with Crippen LogP contribution in [0.2, 0.25) is 0 Å². The van der Waals surface area contributed by atoms with Crippen LogP contribution in [0, 0.1) is 12.7 Å². The number of nitrogens with one attached hydrogen (secondary N) is 1. The zero-order chi connectivity index (χ0) is 19.4. The second-order valence-electron chi connectivity index (χ2n) is 5.79. The number of sulfonamides is 1. The Labute approximate surface area is 156 Å². The molecular weight excluding hydrogens is 373 g/mol. The first-order chi connectivity index (χ1) is 12.9. The predicted molar refractivity (Wildman–Crippen MR) is 96.3 cm³/mol. The fourth-order valence-corrected chi connectivity index (χ4v) is 3.57. The van der Waals surface area contributed by atoms with Crippen LogP contribution in [0.25, 0.3) is 11.5 Å². The van der Waals surface area contributed by atoms with Crippen molar-refractivity contribution in [3.05, 3.63) is 59.7 Å². The van der Waals surface area contributed by atoms with E-state index in [-0.39, 0.29) is 35.5 Å². The third kappa shape index (κ3) is 4.50. The van der Waals surface area contributed by atoms with Gasteiger partial charge in [-0.05, 0) is 55.0 Å². The summed E-state index contributed by atoms with van der Waals surface area (Å²) in [5.74, 6) is 0.788. The van der Waals surface area contributed by atoms with Crippen LogP contribution in [0.4, 0.5) is 4.39 Å². The van der Waals surface area contributed by atoms with Crippen molar-refractivity contribution in [2.75, 3.05) is 13.7 Å². The van der Waals surface area contributed by atoms with E-state index >= 15 is 0 Å². The number of aromatic nitrogens is 2. The molecule has 0 fully saturated rings. The van der Waals surface area contributed by atoms with E-state index in [4.69, 9.17) is 9.15 Å². The first-order valence-electron chi connectivity index (χ1n) is 8.11. The topological polar surface area (TPSA) is 94.3 Å². The Bertz CT molecular complexity index is 1030. The number of ether oxygens (including phenoxy) is 1. The van der Waals surface area contributed by atoms with Crippen molar-refractivity contribution < 1.29 is 22.0 Å². The molecule has 0 radical (unpaired) electrons. The van der Waals surface area contributed by atoms with Gasteiger partial charge in [0.15, 0.2) is 0 Å². The lowest BCUT2D eigenvalue weighted by Crippen LogP contribution is -2.26. The molecule has 0 saturated heterocycles. The first-order valence-corrected chi connectivity index (χ1v) is 9.60. The van der Waals surface area contributed by atoms with E-state index < -0.39 is 10.0 Å². The molecule has 3 rings (SSSR count). The fourth-order valence-electron chi connectivity index (χ4n) is 2.46. The zero-order valence-electron chi connectivity index (χ0n) is 14.8. The Morgan fingerprint density at radius 3 is 2.56 bits per heavy atom. The molecule has 1 heterocycles. The van der Waals surface area contributed by atoms with Crippen LogP contribution in [0.1, 0.15) is 11.5 Å². The van der Waals surface area contributed by atoms with Gasteiger partial charge >= 0.3 is 0 Å². The summed E-state index contributed by atoms with van der Waals surface area (Å²) in [5.41, 5.74) is 1.31. The van der Waals surface area contributed by atoms with Gasteiger partial charge in [0.05, 0.1) is 12.0 Å². The van der Waals surface area contributed by atoms with E-state index in [9.17, 15) is 12.8 Å². The maximum atomic E-state index is 13.0. The van der Waals surface area contributed by atoms with Crippen LogP contribution >= 0.6 is 0 Å². The summed E-state index contributed by atoms with van der Waals surface area (Å²) >= 11 is 0. The normalized spacial score (nSPS) is 11.5. The number of methoxy groups -OCH3 is 1. The van der Waals surface area contributed by atoms with Gasteiger partial charge in [0, 0.05) is 18.5 Å². The van der Waals surface area contributed by atoms with Crippen molar-refractivity contribution in [3.63, 3.8) is 0 Å². The van der Waals surface area contributed by atoms with Crippen LogP contribution in [-0.4, -0.2) is 32.3 Å². The maximum Gasteiger partial charge on any atom is 0.247 e. The molecule has 1 N–H and O–H groups in total. The fraction of sp³-hybridized carbons (Fsp3) is 0.222. The molecule has 7 nitrogen and oxygen atoms in total. The van der Waals surface area contributed by atoms with E-state index in [0.29, 0.717) is 11.3 Å². The van der Waals surface area contributed by atoms with Crippen molar-refractivity contribution in [2.24, 2.45) is 0 Å². The van der Waals surface area contributed by atoms with Crippen molar-refractivity contribution in [2.45, 2.75) is 18.2 Å². The molecule has 142 valence electrons. The van der Waals surface area contributed by atoms with E-state index in [1.807, 2.05) is 0 Å². The van der Waals surface area contributed by atoms with E-state index in [1.165, 1.54) is 37.4 Å². The predicted octanol–water partition coefficient (Wildman–Crippen LogP) is 2.71. The molecule has 0 bridgehead atoms. The highest BCUT2D eigenvalue weighted by molar-refractivity contribution is 7.89. The van der Waals surface area contributed by atoms with Gasteiger partial charge in [0.2, 0.25) is 21.8 Å².